The van der Waals surface area contributed by atoms with Crippen LogP contribution in [0.25, 0.3) is 0 Å². The highest BCUT2D eigenvalue weighted by Gasteiger charge is 2.34. The Labute approximate surface area is 78.5 Å². The molecule has 2 atom stereocenters. The van der Waals surface area contributed by atoms with E-state index in [1.54, 1.807) is 0 Å². The number of hydrogen-bond acceptors (Lipinski definition) is 2. The average Bonchev–Trinajstić information content (AvgIpc) is 2.79. The van der Waals surface area contributed by atoms with Crippen LogP contribution in [-0.2, 0) is 4.74 Å². The highest BCUT2D eigenvalue weighted by atomic mass is 16.6. The number of hydrogen-bond donors (Lipinski definition) is 0. The molecule has 2 rings (SSSR count). The van der Waals surface area contributed by atoms with E-state index in [4.69, 9.17) is 9.47 Å². The van der Waals surface area contributed by atoms with Gasteiger partial charge in [0.1, 0.15) is 18.5 Å². The minimum atomic E-state index is 0.306. The molecule has 0 bridgehead atoms. The molecular weight excluding hydrogens is 164 g/mol. The lowest BCUT2D eigenvalue weighted by Crippen LogP contribution is -2.06. The van der Waals surface area contributed by atoms with Gasteiger partial charge in [-0.3, -0.25) is 0 Å². The summed E-state index contributed by atoms with van der Waals surface area (Å²) in [6, 6.07) is 8.07. The van der Waals surface area contributed by atoms with Gasteiger partial charge in [0.2, 0.25) is 0 Å². The number of aryl methyl sites for hydroxylation is 1. The number of epoxide rings is 1. The van der Waals surface area contributed by atoms with Gasteiger partial charge < -0.3 is 9.47 Å². The van der Waals surface area contributed by atoms with Crippen LogP contribution in [0, 0.1) is 6.92 Å². The van der Waals surface area contributed by atoms with Gasteiger partial charge in [-0.25, -0.2) is 0 Å². The summed E-state index contributed by atoms with van der Waals surface area (Å²) in [5.74, 6) is 0.933. The lowest BCUT2D eigenvalue weighted by atomic mass is 10.2. The predicted octanol–water partition coefficient (Wildman–Crippen LogP) is 2.16. The molecule has 1 fully saturated rings. The summed E-state index contributed by atoms with van der Waals surface area (Å²) in [4.78, 5) is 0. The second-order valence-electron chi connectivity index (χ2n) is 3.51. The second kappa shape index (κ2) is 3.38. The fraction of sp³-hybridized carbons (Fsp3) is 0.455. The zero-order valence-electron chi connectivity index (χ0n) is 7.99. The van der Waals surface area contributed by atoms with Crippen molar-refractivity contribution in [1.29, 1.82) is 0 Å². The van der Waals surface area contributed by atoms with Crippen molar-refractivity contribution in [2.45, 2.75) is 26.1 Å². The molecule has 1 aliphatic rings. The lowest BCUT2D eigenvalue weighted by Gasteiger charge is -2.04. The van der Waals surface area contributed by atoms with Gasteiger partial charge in [0.25, 0.3) is 0 Å². The molecule has 1 saturated heterocycles. The van der Waals surface area contributed by atoms with Crippen LogP contribution in [0.1, 0.15) is 12.5 Å². The normalized spacial score (nSPS) is 25.7. The van der Waals surface area contributed by atoms with Crippen LogP contribution in [0.3, 0.4) is 0 Å². The molecular formula is C11H14O2. The van der Waals surface area contributed by atoms with Gasteiger partial charge in [-0.05, 0) is 31.5 Å². The highest BCUT2D eigenvalue weighted by molar-refractivity contribution is 5.27. The van der Waals surface area contributed by atoms with Gasteiger partial charge in [0, 0.05) is 0 Å². The maximum absolute atomic E-state index is 5.56. The molecule has 0 radical (unpaired) electrons. The molecule has 2 heteroatoms. The van der Waals surface area contributed by atoms with Crippen LogP contribution in [0.5, 0.6) is 5.75 Å². The van der Waals surface area contributed by atoms with E-state index in [1.807, 2.05) is 18.2 Å². The van der Waals surface area contributed by atoms with Crippen LogP contribution in [0.4, 0.5) is 0 Å². The van der Waals surface area contributed by atoms with E-state index in [0.717, 1.165) is 5.75 Å². The number of ether oxygens (including phenoxy) is 2. The quantitative estimate of drug-likeness (QED) is 0.661. The molecule has 0 amide bonds. The van der Waals surface area contributed by atoms with E-state index in [1.165, 1.54) is 5.56 Å². The van der Waals surface area contributed by atoms with E-state index in [2.05, 4.69) is 19.9 Å². The maximum atomic E-state index is 5.56. The Morgan fingerprint density at radius 3 is 2.85 bits per heavy atom. The Kier molecular flexibility index (Phi) is 2.23. The van der Waals surface area contributed by atoms with Crippen molar-refractivity contribution in [1.82, 2.24) is 0 Å². The second-order valence-corrected chi connectivity index (χ2v) is 3.51. The third-order valence-corrected chi connectivity index (χ3v) is 2.24. The first kappa shape index (κ1) is 8.57. The van der Waals surface area contributed by atoms with Crippen molar-refractivity contribution in [3.8, 4) is 5.75 Å². The molecule has 0 saturated carbocycles. The Bertz CT molecular complexity index is 296. The molecule has 0 N–H and O–H groups in total. The summed E-state index contributed by atoms with van der Waals surface area (Å²) in [6.45, 7) is 4.79. The monoisotopic (exact) mass is 178 g/mol. The van der Waals surface area contributed by atoms with Crippen LogP contribution in [0.15, 0.2) is 24.3 Å². The minimum absolute atomic E-state index is 0.306. The van der Waals surface area contributed by atoms with E-state index in [-0.39, 0.29) is 0 Å². The molecule has 0 unspecified atom stereocenters. The molecule has 0 aromatic heterocycles. The smallest absolute Gasteiger partial charge is 0.119 e. The molecule has 70 valence electrons. The van der Waals surface area contributed by atoms with Crippen LogP contribution >= 0.6 is 0 Å². The van der Waals surface area contributed by atoms with Gasteiger partial charge in [-0.15, -0.1) is 0 Å². The Balaban J connectivity index is 1.87. The van der Waals surface area contributed by atoms with E-state index in [9.17, 15) is 0 Å². The van der Waals surface area contributed by atoms with Gasteiger partial charge in [0.05, 0.1) is 6.10 Å². The Morgan fingerprint density at radius 2 is 2.23 bits per heavy atom. The average molecular weight is 178 g/mol. The predicted molar refractivity (Wildman–Crippen MR) is 51.0 cm³/mol. The summed E-state index contributed by atoms with van der Waals surface area (Å²) in [6.07, 6.45) is 0.685. The summed E-state index contributed by atoms with van der Waals surface area (Å²) in [7, 11) is 0. The van der Waals surface area contributed by atoms with Crippen LogP contribution in [0.2, 0.25) is 0 Å². The molecule has 0 spiro atoms. The maximum Gasteiger partial charge on any atom is 0.119 e. The van der Waals surface area contributed by atoms with Gasteiger partial charge in [-0.1, -0.05) is 12.1 Å². The Morgan fingerprint density at radius 1 is 1.46 bits per heavy atom. The molecule has 1 heterocycles. The zero-order chi connectivity index (χ0) is 9.26. The van der Waals surface area contributed by atoms with E-state index in [0.29, 0.717) is 18.8 Å². The molecule has 1 aliphatic heterocycles. The largest absolute Gasteiger partial charge is 0.491 e. The number of benzene rings is 1. The van der Waals surface area contributed by atoms with Crippen molar-refractivity contribution < 1.29 is 9.47 Å². The fourth-order valence-electron chi connectivity index (χ4n) is 1.29. The SMILES string of the molecule is Cc1cccc(OC[C@@H]2O[C@H]2C)c1. The first-order valence-corrected chi connectivity index (χ1v) is 4.60. The van der Waals surface area contributed by atoms with E-state index >= 15 is 0 Å². The van der Waals surface area contributed by atoms with Crippen molar-refractivity contribution >= 4 is 0 Å². The summed E-state index contributed by atoms with van der Waals surface area (Å²) in [5, 5.41) is 0. The standard InChI is InChI=1S/C11H14O2/c1-8-4-3-5-10(6-8)12-7-11-9(2)13-11/h3-6,9,11H,7H2,1-2H3/t9-,11-/m0/s1. The van der Waals surface area contributed by atoms with Crippen LogP contribution in [-0.4, -0.2) is 18.8 Å². The zero-order valence-corrected chi connectivity index (χ0v) is 7.99. The van der Waals surface area contributed by atoms with Crippen molar-refractivity contribution in [3.05, 3.63) is 29.8 Å². The first-order valence-electron chi connectivity index (χ1n) is 4.60. The highest BCUT2D eigenvalue weighted by Crippen LogP contribution is 2.22. The lowest BCUT2D eigenvalue weighted by molar-refractivity contribution is 0.260. The summed E-state index contributed by atoms with van der Waals surface area (Å²) in [5.41, 5.74) is 1.22. The molecule has 1 aromatic carbocycles. The molecule has 1 aromatic rings. The van der Waals surface area contributed by atoms with Gasteiger partial charge >= 0.3 is 0 Å². The third kappa shape index (κ3) is 2.22. The van der Waals surface area contributed by atoms with Crippen LogP contribution < -0.4 is 4.74 Å². The van der Waals surface area contributed by atoms with E-state index < -0.39 is 0 Å². The van der Waals surface area contributed by atoms with Crippen molar-refractivity contribution in [3.63, 3.8) is 0 Å². The van der Waals surface area contributed by atoms with Crippen molar-refractivity contribution in [2.75, 3.05) is 6.61 Å². The molecule has 13 heavy (non-hydrogen) atoms. The third-order valence-electron chi connectivity index (χ3n) is 2.24. The number of rotatable bonds is 3. The molecule has 2 nitrogen and oxygen atoms in total. The summed E-state index contributed by atoms with van der Waals surface area (Å²) >= 11 is 0. The van der Waals surface area contributed by atoms with Crippen molar-refractivity contribution in [2.24, 2.45) is 0 Å². The van der Waals surface area contributed by atoms with Gasteiger partial charge in [0.15, 0.2) is 0 Å². The first-order chi connectivity index (χ1) is 6.25. The van der Waals surface area contributed by atoms with Gasteiger partial charge in [-0.2, -0.15) is 0 Å². The Hall–Kier alpha value is -1.02. The molecule has 0 aliphatic carbocycles. The topological polar surface area (TPSA) is 21.8 Å². The summed E-state index contributed by atoms with van der Waals surface area (Å²) < 4.78 is 10.8. The fourth-order valence-corrected chi connectivity index (χ4v) is 1.29. The minimum Gasteiger partial charge on any atom is -0.491 e.